The second-order valence-electron chi connectivity index (χ2n) is 6.43. The number of amides is 1. The summed E-state index contributed by atoms with van der Waals surface area (Å²) in [6.07, 6.45) is 2.06. The first-order chi connectivity index (χ1) is 12.5. The van der Waals surface area contributed by atoms with Gasteiger partial charge in [-0.05, 0) is 63.2 Å². The Bertz CT molecular complexity index is 1140. The highest BCUT2D eigenvalue weighted by Crippen LogP contribution is 2.22. The fraction of sp³-hybridized carbons (Fsp3) is 0.190. The molecule has 5 heteroatoms. The predicted molar refractivity (Wildman–Crippen MR) is 105 cm³/mol. The van der Waals surface area contributed by atoms with Crippen molar-refractivity contribution in [2.45, 2.75) is 27.3 Å². The molecule has 5 nitrogen and oxygen atoms in total. The fourth-order valence-corrected chi connectivity index (χ4v) is 3.13. The number of benzene rings is 2. The van der Waals surface area contributed by atoms with Gasteiger partial charge in [-0.3, -0.25) is 4.79 Å². The minimum Gasteiger partial charge on any atom is -0.348 e. The molecule has 0 aliphatic rings. The van der Waals surface area contributed by atoms with Crippen molar-refractivity contribution in [2.75, 3.05) is 5.32 Å². The van der Waals surface area contributed by atoms with Crippen LogP contribution in [0.3, 0.4) is 0 Å². The summed E-state index contributed by atoms with van der Waals surface area (Å²) in [4.78, 5) is 21.7. The molecular weight excluding hydrogens is 324 g/mol. The van der Waals surface area contributed by atoms with Crippen molar-refractivity contribution in [3.63, 3.8) is 0 Å². The molecule has 0 aliphatic carbocycles. The van der Waals surface area contributed by atoms with Crippen LogP contribution in [0.4, 0.5) is 5.69 Å². The molecule has 2 aromatic carbocycles. The molecule has 0 unspecified atom stereocenters. The van der Waals surface area contributed by atoms with Crippen molar-refractivity contribution in [3.05, 3.63) is 65.6 Å². The molecule has 0 fully saturated rings. The molecule has 0 spiro atoms. The molecule has 0 saturated carbocycles. The van der Waals surface area contributed by atoms with Gasteiger partial charge in [-0.2, -0.15) is 0 Å². The van der Waals surface area contributed by atoms with Crippen LogP contribution in [-0.4, -0.2) is 20.4 Å². The van der Waals surface area contributed by atoms with Gasteiger partial charge in [-0.1, -0.05) is 0 Å². The normalized spacial score (nSPS) is 11.2. The second kappa shape index (κ2) is 6.26. The SMILES string of the molecule is CCn1ccc2cc(NC(=O)c3ccc4nc(C)c(C)nc4c3)ccc21. The van der Waals surface area contributed by atoms with Crippen molar-refractivity contribution >= 4 is 33.5 Å². The molecule has 26 heavy (non-hydrogen) atoms. The molecule has 4 rings (SSSR count). The first-order valence-electron chi connectivity index (χ1n) is 8.70. The van der Waals surface area contributed by atoms with Crippen LogP contribution in [0.1, 0.15) is 28.7 Å². The zero-order chi connectivity index (χ0) is 18.3. The maximum Gasteiger partial charge on any atom is 0.255 e. The Labute approximate surface area is 151 Å². The Morgan fingerprint density at radius 1 is 1.00 bits per heavy atom. The third kappa shape index (κ3) is 2.81. The third-order valence-electron chi connectivity index (χ3n) is 4.71. The average Bonchev–Trinajstić information content (AvgIpc) is 3.04. The topological polar surface area (TPSA) is 59.8 Å². The van der Waals surface area contributed by atoms with Gasteiger partial charge in [0.25, 0.3) is 5.91 Å². The number of fused-ring (bicyclic) bond motifs is 2. The Morgan fingerprint density at radius 3 is 2.54 bits per heavy atom. The van der Waals surface area contributed by atoms with Crippen molar-refractivity contribution in [3.8, 4) is 0 Å². The average molecular weight is 344 g/mol. The molecule has 1 amide bonds. The van der Waals surface area contributed by atoms with Crippen molar-refractivity contribution in [2.24, 2.45) is 0 Å². The van der Waals surface area contributed by atoms with Crippen LogP contribution in [0.15, 0.2) is 48.7 Å². The maximum absolute atomic E-state index is 12.6. The fourth-order valence-electron chi connectivity index (χ4n) is 3.13. The first-order valence-corrected chi connectivity index (χ1v) is 8.70. The summed E-state index contributed by atoms with van der Waals surface area (Å²) in [5.41, 5.74) is 5.83. The highest BCUT2D eigenvalue weighted by Gasteiger charge is 2.10. The highest BCUT2D eigenvalue weighted by molar-refractivity contribution is 6.06. The van der Waals surface area contributed by atoms with Gasteiger partial charge < -0.3 is 9.88 Å². The van der Waals surface area contributed by atoms with E-state index < -0.39 is 0 Å². The molecular formula is C21H20N4O. The van der Waals surface area contributed by atoms with Crippen LogP contribution in [0.5, 0.6) is 0 Å². The van der Waals surface area contributed by atoms with Crippen LogP contribution in [0, 0.1) is 13.8 Å². The summed E-state index contributed by atoms with van der Waals surface area (Å²) in [6.45, 7) is 6.89. The van der Waals surface area contributed by atoms with E-state index >= 15 is 0 Å². The van der Waals surface area contributed by atoms with E-state index in [0.29, 0.717) is 5.56 Å². The highest BCUT2D eigenvalue weighted by atomic mass is 16.1. The molecule has 0 bridgehead atoms. The zero-order valence-corrected chi connectivity index (χ0v) is 15.1. The van der Waals surface area contributed by atoms with E-state index in [1.165, 1.54) is 0 Å². The van der Waals surface area contributed by atoms with Gasteiger partial charge in [0, 0.05) is 34.9 Å². The van der Waals surface area contributed by atoms with E-state index in [1.54, 1.807) is 12.1 Å². The maximum atomic E-state index is 12.6. The lowest BCUT2D eigenvalue weighted by Crippen LogP contribution is -2.12. The van der Waals surface area contributed by atoms with E-state index in [9.17, 15) is 4.79 Å². The Morgan fingerprint density at radius 2 is 1.77 bits per heavy atom. The van der Waals surface area contributed by atoms with E-state index in [-0.39, 0.29) is 5.91 Å². The van der Waals surface area contributed by atoms with Crippen LogP contribution < -0.4 is 5.32 Å². The number of anilines is 1. The van der Waals surface area contributed by atoms with Crippen LogP contribution in [-0.2, 0) is 6.54 Å². The number of nitrogens with zero attached hydrogens (tertiary/aromatic N) is 3. The molecule has 4 aromatic rings. The van der Waals surface area contributed by atoms with E-state index in [2.05, 4.69) is 39.0 Å². The number of aromatic nitrogens is 3. The number of carbonyl (C=O) groups excluding carboxylic acids is 1. The van der Waals surface area contributed by atoms with Crippen LogP contribution in [0.25, 0.3) is 21.9 Å². The summed E-state index contributed by atoms with van der Waals surface area (Å²) < 4.78 is 2.17. The smallest absolute Gasteiger partial charge is 0.255 e. The molecule has 0 atom stereocenters. The monoisotopic (exact) mass is 344 g/mol. The molecule has 2 aromatic heterocycles. The van der Waals surface area contributed by atoms with Gasteiger partial charge in [0.15, 0.2) is 0 Å². The second-order valence-corrected chi connectivity index (χ2v) is 6.43. The number of aryl methyl sites for hydroxylation is 3. The molecule has 1 N–H and O–H groups in total. The lowest BCUT2D eigenvalue weighted by molar-refractivity contribution is 0.102. The summed E-state index contributed by atoms with van der Waals surface area (Å²) in [5.74, 6) is -0.152. The summed E-state index contributed by atoms with van der Waals surface area (Å²) >= 11 is 0. The molecule has 0 radical (unpaired) electrons. The van der Waals surface area contributed by atoms with Crippen LogP contribution in [0.2, 0.25) is 0 Å². The minimum atomic E-state index is -0.152. The van der Waals surface area contributed by atoms with Gasteiger partial charge in [-0.15, -0.1) is 0 Å². The van der Waals surface area contributed by atoms with Gasteiger partial charge >= 0.3 is 0 Å². The standard InChI is InChI=1S/C21H20N4O/c1-4-25-10-9-15-11-17(6-8-20(15)25)24-21(26)16-5-7-18-19(12-16)23-14(3)13(2)22-18/h5-12H,4H2,1-3H3,(H,24,26). The zero-order valence-electron chi connectivity index (χ0n) is 15.1. The minimum absolute atomic E-state index is 0.152. The van der Waals surface area contributed by atoms with Gasteiger partial charge in [0.2, 0.25) is 0 Å². The Hall–Kier alpha value is -3.21. The quantitative estimate of drug-likeness (QED) is 0.596. The number of hydrogen-bond donors (Lipinski definition) is 1. The predicted octanol–water partition coefficient (Wildman–Crippen LogP) is 4.47. The number of carbonyl (C=O) groups is 1. The Kier molecular flexibility index (Phi) is 3.92. The van der Waals surface area contributed by atoms with E-state index in [1.807, 2.05) is 38.1 Å². The van der Waals surface area contributed by atoms with Gasteiger partial charge in [-0.25, -0.2) is 9.97 Å². The van der Waals surface area contributed by atoms with E-state index in [0.717, 1.165) is 45.6 Å². The van der Waals surface area contributed by atoms with Gasteiger partial charge in [0.05, 0.1) is 22.4 Å². The van der Waals surface area contributed by atoms with E-state index in [4.69, 9.17) is 0 Å². The van der Waals surface area contributed by atoms with Crippen molar-refractivity contribution < 1.29 is 4.79 Å². The van der Waals surface area contributed by atoms with Crippen molar-refractivity contribution in [1.82, 2.24) is 14.5 Å². The number of rotatable bonds is 3. The van der Waals surface area contributed by atoms with Crippen LogP contribution >= 0.6 is 0 Å². The summed E-state index contributed by atoms with van der Waals surface area (Å²) in [5, 5.41) is 4.08. The third-order valence-corrected chi connectivity index (χ3v) is 4.71. The summed E-state index contributed by atoms with van der Waals surface area (Å²) in [6, 6.07) is 13.4. The summed E-state index contributed by atoms with van der Waals surface area (Å²) in [7, 11) is 0. The van der Waals surface area contributed by atoms with Gasteiger partial charge in [0.1, 0.15) is 0 Å². The molecule has 2 heterocycles. The lowest BCUT2D eigenvalue weighted by atomic mass is 10.1. The molecule has 0 aliphatic heterocycles. The molecule has 0 saturated heterocycles. The Balaban J connectivity index is 1.63. The number of nitrogens with one attached hydrogen (secondary N) is 1. The lowest BCUT2D eigenvalue weighted by Gasteiger charge is -2.08. The van der Waals surface area contributed by atoms with Crippen molar-refractivity contribution in [1.29, 1.82) is 0 Å². The molecule has 130 valence electrons. The first kappa shape index (κ1) is 16.3. The number of hydrogen-bond acceptors (Lipinski definition) is 3. The largest absolute Gasteiger partial charge is 0.348 e.